The van der Waals surface area contributed by atoms with E-state index >= 15 is 0 Å². The number of ether oxygens (including phenoxy) is 1. The molecule has 0 radical (unpaired) electrons. The van der Waals surface area contributed by atoms with Crippen molar-refractivity contribution in [2.24, 2.45) is 0 Å². The van der Waals surface area contributed by atoms with Crippen molar-refractivity contribution in [3.8, 4) is 0 Å². The second-order valence-corrected chi connectivity index (χ2v) is 5.37. The summed E-state index contributed by atoms with van der Waals surface area (Å²) in [6.45, 7) is 0.0222. The molecule has 9 heteroatoms. The standard InChI is InChI=1S/C12H11BrF2N2O4/c13-6-3-9(8(15)4-7(6)14)16-11(20)17-12(10(18)19)1-2-21-5-12/h3-4H,1-2,5H2,(H,18,19)(H2,16,17,20). The van der Waals surface area contributed by atoms with Gasteiger partial charge in [0.1, 0.15) is 11.6 Å². The van der Waals surface area contributed by atoms with E-state index in [4.69, 9.17) is 9.84 Å². The van der Waals surface area contributed by atoms with Crippen molar-refractivity contribution >= 4 is 33.6 Å². The number of carboxylic acid groups (broad SMARTS) is 1. The fourth-order valence-corrected chi connectivity index (χ4v) is 2.22. The van der Waals surface area contributed by atoms with Crippen LogP contribution in [-0.4, -0.2) is 35.9 Å². The van der Waals surface area contributed by atoms with Gasteiger partial charge in [-0.2, -0.15) is 0 Å². The molecule has 2 amide bonds. The highest BCUT2D eigenvalue weighted by Gasteiger charge is 2.44. The number of hydrogen-bond donors (Lipinski definition) is 3. The van der Waals surface area contributed by atoms with E-state index in [-0.39, 0.29) is 29.8 Å². The van der Waals surface area contributed by atoms with Crippen LogP contribution in [0, 0.1) is 11.6 Å². The Morgan fingerprint density at radius 3 is 2.62 bits per heavy atom. The molecule has 0 spiro atoms. The Balaban J connectivity index is 2.12. The first-order chi connectivity index (χ1) is 9.84. The highest BCUT2D eigenvalue weighted by molar-refractivity contribution is 9.10. The number of amides is 2. The van der Waals surface area contributed by atoms with E-state index < -0.39 is 29.2 Å². The van der Waals surface area contributed by atoms with E-state index in [1.165, 1.54) is 0 Å². The molecule has 1 aromatic rings. The van der Waals surface area contributed by atoms with Crippen LogP contribution < -0.4 is 10.6 Å². The van der Waals surface area contributed by atoms with Crippen LogP contribution in [0.1, 0.15) is 6.42 Å². The van der Waals surface area contributed by atoms with Gasteiger partial charge in [-0.1, -0.05) is 0 Å². The quantitative estimate of drug-likeness (QED) is 0.716. The van der Waals surface area contributed by atoms with Gasteiger partial charge in [-0.25, -0.2) is 18.4 Å². The maximum atomic E-state index is 13.5. The van der Waals surface area contributed by atoms with Crippen LogP contribution in [0.4, 0.5) is 19.3 Å². The first-order valence-electron chi connectivity index (χ1n) is 5.89. The smallest absolute Gasteiger partial charge is 0.332 e. The van der Waals surface area contributed by atoms with Gasteiger partial charge in [0.2, 0.25) is 0 Å². The number of carbonyl (C=O) groups excluding carboxylic acids is 1. The lowest BCUT2D eigenvalue weighted by Gasteiger charge is -2.23. The molecular weight excluding hydrogens is 354 g/mol. The topological polar surface area (TPSA) is 87.7 Å². The Kier molecular flexibility index (Phi) is 4.43. The number of benzene rings is 1. The number of carbonyl (C=O) groups is 2. The van der Waals surface area contributed by atoms with E-state index in [9.17, 15) is 18.4 Å². The highest BCUT2D eigenvalue weighted by Crippen LogP contribution is 2.24. The van der Waals surface area contributed by atoms with Gasteiger partial charge in [0.25, 0.3) is 0 Å². The van der Waals surface area contributed by atoms with Crippen molar-refractivity contribution in [3.63, 3.8) is 0 Å². The number of halogens is 3. The van der Waals surface area contributed by atoms with Gasteiger partial charge >= 0.3 is 12.0 Å². The molecule has 3 N–H and O–H groups in total. The molecule has 1 fully saturated rings. The average Bonchev–Trinajstić information content (AvgIpc) is 2.85. The van der Waals surface area contributed by atoms with E-state index in [0.717, 1.165) is 6.07 Å². The Labute approximate surface area is 126 Å². The van der Waals surface area contributed by atoms with Gasteiger partial charge in [-0.05, 0) is 22.0 Å². The van der Waals surface area contributed by atoms with Crippen LogP contribution in [0.3, 0.4) is 0 Å². The van der Waals surface area contributed by atoms with Crippen LogP contribution in [-0.2, 0) is 9.53 Å². The van der Waals surface area contributed by atoms with Gasteiger partial charge in [0, 0.05) is 19.1 Å². The minimum absolute atomic E-state index is 0.0312. The predicted octanol–water partition coefficient (Wildman–Crippen LogP) is 2.09. The maximum Gasteiger partial charge on any atom is 0.332 e. The summed E-state index contributed by atoms with van der Waals surface area (Å²) in [4.78, 5) is 23.0. The van der Waals surface area contributed by atoms with Crippen LogP contribution in [0.25, 0.3) is 0 Å². The number of rotatable bonds is 3. The lowest BCUT2D eigenvalue weighted by atomic mass is 9.99. The normalized spacial score (nSPS) is 21.1. The molecule has 1 heterocycles. The number of anilines is 1. The summed E-state index contributed by atoms with van der Waals surface area (Å²) in [6, 6.07) is 0.731. The molecule has 1 aliphatic rings. The first kappa shape index (κ1) is 15.6. The molecular formula is C12H11BrF2N2O4. The van der Waals surface area contributed by atoms with Crippen molar-refractivity contribution < 1.29 is 28.2 Å². The van der Waals surface area contributed by atoms with E-state index in [0.29, 0.717) is 6.07 Å². The summed E-state index contributed by atoms with van der Waals surface area (Å²) in [6.07, 6.45) is 0.103. The van der Waals surface area contributed by atoms with E-state index in [1.54, 1.807) is 0 Å². The molecule has 114 valence electrons. The Morgan fingerprint density at radius 2 is 2.05 bits per heavy atom. The number of aliphatic carboxylic acids is 1. The zero-order chi connectivity index (χ0) is 15.6. The second kappa shape index (κ2) is 5.94. The summed E-state index contributed by atoms with van der Waals surface area (Å²) >= 11 is 2.86. The lowest BCUT2D eigenvalue weighted by Crippen LogP contribution is -2.56. The lowest BCUT2D eigenvalue weighted by molar-refractivity contribution is -0.144. The monoisotopic (exact) mass is 364 g/mol. The molecule has 6 nitrogen and oxygen atoms in total. The molecule has 0 aromatic heterocycles. The number of carboxylic acids is 1. The van der Waals surface area contributed by atoms with Crippen LogP contribution in [0.2, 0.25) is 0 Å². The summed E-state index contributed by atoms with van der Waals surface area (Å²) in [5, 5.41) is 13.6. The van der Waals surface area contributed by atoms with Crippen LogP contribution >= 0.6 is 15.9 Å². The molecule has 1 atom stereocenters. The van der Waals surface area contributed by atoms with Gasteiger partial charge in [-0.3, -0.25) is 0 Å². The number of urea groups is 1. The summed E-state index contributed by atoms with van der Waals surface area (Å²) in [7, 11) is 0. The SMILES string of the molecule is O=C(Nc1cc(Br)c(F)cc1F)NC1(C(=O)O)CCOC1. The van der Waals surface area contributed by atoms with E-state index in [2.05, 4.69) is 26.6 Å². The largest absolute Gasteiger partial charge is 0.479 e. The second-order valence-electron chi connectivity index (χ2n) is 4.52. The van der Waals surface area contributed by atoms with Gasteiger partial charge in [0.05, 0.1) is 16.8 Å². The minimum atomic E-state index is -1.54. The molecule has 1 unspecified atom stereocenters. The fraction of sp³-hybridized carbons (Fsp3) is 0.333. The average molecular weight is 365 g/mol. The molecule has 0 bridgehead atoms. The third-order valence-electron chi connectivity index (χ3n) is 3.04. The third kappa shape index (κ3) is 3.30. The maximum absolute atomic E-state index is 13.5. The molecule has 1 aromatic carbocycles. The van der Waals surface area contributed by atoms with Crippen molar-refractivity contribution in [2.75, 3.05) is 18.5 Å². The molecule has 2 rings (SSSR count). The molecule has 0 aliphatic carbocycles. The van der Waals surface area contributed by atoms with Crippen LogP contribution in [0.15, 0.2) is 16.6 Å². The van der Waals surface area contributed by atoms with Gasteiger partial charge in [0.15, 0.2) is 5.54 Å². The van der Waals surface area contributed by atoms with Crippen molar-refractivity contribution in [3.05, 3.63) is 28.2 Å². The van der Waals surface area contributed by atoms with Crippen molar-refractivity contribution in [1.29, 1.82) is 0 Å². The van der Waals surface area contributed by atoms with Gasteiger partial charge < -0.3 is 20.5 Å². The highest BCUT2D eigenvalue weighted by atomic mass is 79.9. The Hall–Kier alpha value is -1.74. The van der Waals surface area contributed by atoms with Crippen molar-refractivity contribution in [2.45, 2.75) is 12.0 Å². The van der Waals surface area contributed by atoms with E-state index in [1.807, 2.05) is 0 Å². The molecule has 1 aliphatic heterocycles. The minimum Gasteiger partial charge on any atom is -0.479 e. The van der Waals surface area contributed by atoms with Crippen LogP contribution in [0.5, 0.6) is 0 Å². The third-order valence-corrected chi connectivity index (χ3v) is 3.65. The summed E-state index contributed by atoms with van der Waals surface area (Å²) in [5.74, 6) is -3.03. The zero-order valence-electron chi connectivity index (χ0n) is 10.6. The summed E-state index contributed by atoms with van der Waals surface area (Å²) in [5.41, 5.74) is -1.82. The Bertz CT molecular complexity index is 591. The Morgan fingerprint density at radius 1 is 1.33 bits per heavy atom. The predicted molar refractivity (Wildman–Crippen MR) is 72.0 cm³/mol. The first-order valence-corrected chi connectivity index (χ1v) is 6.68. The molecule has 1 saturated heterocycles. The van der Waals surface area contributed by atoms with Gasteiger partial charge in [-0.15, -0.1) is 0 Å². The molecule has 0 saturated carbocycles. The zero-order valence-corrected chi connectivity index (χ0v) is 12.2. The number of nitrogens with one attached hydrogen (secondary N) is 2. The fourth-order valence-electron chi connectivity index (χ4n) is 1.87. The summed E-state index contributed by atoms with van der Waals surface area (Å²) < 4.78 is 31.5. The van der Waals surface area contributed by atoms with Crippen molar-refractivity contribution in [1.82, 2.24) is 5.32 Å². The number of hydrogen-bond acceptors (Lipinski definition) is 3. The molecule has 21 heavy (non-hydrogen) atoms.